The van der Waals surface area contributed by atoms with E-state index in [1.807, 2.05) is 34.0 Å². The average molecular weight is 263 g/mol. The number of rotatable bonds is 3. The van der Waals surface area contributed by atoms with Gasteiger partial charge in [-0.3, -0.25) is 0 Å². The summed E-state index contributed by atoms with van der Waals surface area (Å²) in [7, 11) is 1.89. The summed E-state index contributed by atoms with van der Waals surface area (Å²) in [5, 5.41) is 3.13. The number of nitrogens with one attached hydrogen (secondary N) is 1. The predicted molar refractivity (Wildman–Crippen MR) is 82.9 cm³/mol. The van der Waals surface area contributed by atoms with Crippen LogP contribution in [0.2, 0.25) is 0 Å². The Hall–Kier alpha value is -1.55. The Morgan fingerprint density at radius 2 is 2.00 bits per heavy atom. The van der Waals surface area contributed by atoms with E-state index in [4.69, 9.17) is 4.74 Å². The molecule has 1 N–H and O–H groups in total. The van der Waals surface area contributed by atoms with Gasteiger partial charge in [-0.1, -0.05) is 20.4 Å². The van der Waals surface area contributed by atoms with Crippen molar-refractivity contribution in [2.24, 2.45) is 0 Å². The highest BCUT2D eigenvalue weighted by atomic mass is 16.5. The van der Waals surface area contributed by atoms with Gasteiger partial charge in [0.25, 0.3) is 0 Å². The van der Waals surface area contributed by atoms with Crippen LogP contribution in [-0.2, 0) is 4.74 Å². The second-order valence-electron chi connectivity index (χ2n) is 4.18. The lowest BCUT2D eigenvalue weighted by Crippen LogP contribution is -2.36. The van der Waals surface area contributed by atoms with Gasteiger partial charge in [-0.2, -0.15) is 0 Å². The van der Waals surface area contributed by atoms with Crippen molar-refractivity contribution in [3.8, 4) is 0 Å². The van der Waals surface area contributed by atoms with Gasteiger partial charge in [-0.05, 0) is 18.6 Å². The van der Waals surface area contributed by atoms with Crippen LogP contribution in [0.4, 0.5) is 11.5 Å². The van der Waals surface area contributed by atoms with Crippen LogP contribution in [0.25, 0.3) is 5.57 Å². The lowest BCUT2D eigenvalue weighted by molar-refractivity contribution is 0.122. The number of hydrogen-bond acceptors (Lipinski definition) is 4. The SMILES string of the molecule is C=C(C)c1c(N2CCOCC2)ccnc1NC.CC. The average Bonchev–Trinajstić information content (AvgIpc) is 2.49. The number of ether oxygens (including phenoxy) is 1. The molecule has 0 spiro atoms. The number of hydrogen-bond donors (Lipinski definition) is 1. The Morgan fingerprint density at radius 3 is 2.53 bits per heavy atom. The quantitative estimate of drug-likeness (QED) is 0.909. The summed E-state index contributed by atoms with van der Waals surface area (Å²) in [6, 6.07) is 2.05. The number of allylic oxidation sites excluding steroid dienone is 1. The fourth-order valence-electron chi connectivity index (χ4n) is 2.13. The Labute approximate surface area is 116 Å². The fourth-order valence-corrected chi connectivity index (χ4v) is 2.13. The second-order valence-corrected chi connectivity index (χ2v) is 4.18. The topological polar surface area (TPSA) is 37.4 Å². The molecule has 0 aromatic carbocycles. The molecule has 106 valence electrons. The Bertz CT molecular complexity index is 412. The number of anilines is 2. The van der Waals surface area contributed by atoms with Gasteiger partial charge in [0.15, 0.2) is 0 Å². The molecule has 0 bridgehead atoms. The van der Waals surface area contributed by atoms with Crippen molar-refractivity contribution >= 4 is 17.1 Å². The third-order valence-electron chi connectivity index (χ3n) is 2.94. The third kappa shape index (κ3) is 3.70. The Balaban J connectivity index is 0.000000861. The number of aromatic nitrogens is 1. The van der Waals surface area contributed by atoms with E-state index >= 15 is 0 Å². The maximum Gasteiger partial charge on any atom is 0.135 e. The van der Waals surface area contributed by atoms with Crippen molar-refractivity contribution < 1.29 is 4.74 Å². The van der Waals surface area contributed by atoms with Crippen molar-refractivity contribution in [1.82, 2.24) is 4.98 Å². The van der Waals surface area contributed by atoms with E-state index in [1.165, 1.54) is 5.69 Å². The van der Waals surface area contributed by atoms with E-state index in [-0.39, 0.29) is 0 Å². The molecule has 1 aromatic heterocycles. The first-order valence-electron chi connectivity index (χ1n) is 6.89. The number of nitrogens with zero attached hydrogens (tertiary/aromatic N) is 2. The van der Waals surface area contributed by atoms with Crippen molar-refractivity contribution in [3.63, 3.8) is 0 Å². The number of pyridine rings is 1. The van der Waals surface area contributed by atoms with Crippen molar-refractivity contribution in [2.75, 3.05) is 43.6 Å². The van der Waals surface area contributed by atoms with E-state index < -0.39 is 0 Å². The molecule has 0 aliphatic carbocycles. The minimum Gasteiger partial charge on any atom is -0.378 e. The first kappa shape index (κ1) is 15.5. The molecule has 1 saturated heterocycles. The van der Waals surface area contributed by atoms with Gasteiger partial charge in [0.05, 0.1) is 13.2 Å². The molecule has 0 radical (unpaired) electrons. The largest absolute Gasteiger partial charge is 0.378 e. The second kappa shape index (κ2) is 7.79. The smallest absolute Gasteiger partial charge is 0.135 e. The third-order valence-corrected chi connectivity index (χ3v) is 2.94. The van der Waals surface area contributed by atoms with Crippen LogP contribution < -0.4 is 10.2 Å². The zero-order chi connectivity index (χ0) is 14.3. The molecule has 0 saturated carbocycles. The molecule has 19 heavy (non-hydrogen) atoms. The summed E-state index contributed by atoms with van der Waals surface area (Å²) < 4.78 is 5.38. The summed E-state index contributed by atoms with van der Waals surface area (Å²) in [4.78, 5) is 6.67. The molecule has 2 heterocycles. The van der Waals surface area contributed by atoms with Crippen LogP contribution in [-0.4, -0.2) is 38.3 Å². The van der Waals surface area contributed by atoms with E-state index in [2.05, 4.69) is 27.8 Å². The van der Waals surface area contributed by atoms with Crippen molar-refractivity contribution in [3.05, 3.63) is 24.4 Å². The normalized spacial score (nSPS) is 14.4. The standard InChI is InChI=1S/C13H19N3O.C2H6/c1-10(2)12-11(4-5-15-13(12)14-3)16-6-8-17-9-7-16;1-2/h4-5H,1,6-9H2,2-3H3,(H,14,15);1-2H3. The van der Waals surface area contributed by atoms with Crippen LogP contribution in [0.3, 0.4) is 0 Å². The van der Waals surface area contributed by atoms with Gasteiger partial charge >= 0.3 is 0 Å². The van der Waals surface area contributed by atoms with Crippen LogP contribution in [0.1, 0.15) is 26.3 Å². The lowest BCUT2D eigenvalue weighted by atomic mass is 10.1. The highest BCUT2D eigenvalue weighted by Crippen LogP contribution is 2.31. The molecule has 1 aliphatic rings. The minimum absolute atomic E-state index is 0.785. The molecule has 0 amide bonds. The van der Waals surface area contributed by atoms with Gasteiger partial charge in [-0.25, -0.2) is 4.98 Å². The summed E-state index contributed by atoms with van der Waals surface area (Å²) >= 11 is 0. The zero-order valence-electron chi connectivity index (χ0n) is 12.5. The van der Waals surface area contributed by atoms with Crippen LogP contribution >= 0.6 is 0 Å². The highest BCUT2D eigenvalue weighted by molar-refractivity contribution is 5.82. The van der Waals surface area contributed by atoms with Crippen molar-refractivity contribution in [2.45, 2.75) is 20.8 Å². The molecule has 2 rings (SSSR count). The van der Waals surface area contributed by atoms with E-state index in [0.29, 0.717) is 0 Å². The van der Waals surface area contributed by atoms with Crippen LogP contribution in [0, 0.1) is 0 Å². The van der Waals surface area contributed by atoms with Gasteiger partial charge < -0.3 is 15.0 Å². The zero-order valence-corrected chi connectivity index (χ0v) is 12.5. The summed E-state index contributed by atoms with van der Waals surface area (Å²) in [5.41, 5.74) is 3.33. The lowest BCUT2D eigenvalue weighted by Gasteiger charge is -2.31. The summed E-state index contributed by atoms with van der Waals surface area (Å²) in [6.45, 7) is 13.5. The fraction of sp³-hybridized carbons (Fsp3) is 0.533. The van der Waals surface area contributed by atoms with E-state index in [9.17, 15) is 0 Å². The molecular weight excluding hydrogens is 238 g/mol. The van der Waals surface area contributed by atoms with Crippen molar-refractivity contribution in [1.29, 1.82) is 0 Å². The predicted octanol–water partition coefficient (Wildman–Crippen LogP) is 3.02. The maximum atomic E-state index is 5.38. The first-order chi connectivity index (χ1) is 9.24. The summed E-state index contributed by atoms with van der Waals surface area (Å²) in [6.07, 6.45) is 1.84. The molecular formula is C15H25N3O. The molecule has 1 fully saturated rings. The van der Waals surface area contributed by atoms with Gasteiger partial charge in [0.2, 0.25) is 0 Å². The maximum absolute atomic E-state index is 5.38. The number of morpholine rings is 1. The monoisotopic (exact) mass is 263 g/mol. The van der Waals surface area contributed by atoms with E-state index in [0.717, 1.165) is 43.3 Å². The van der Waals surface area contributed by atoms with E-state index in [1.54, 1.807) is 0 Å². The molecule has 0 unspecified atom stereocenters. The molecule has 4 heteroatoms. The van der Waals surface area contributed by atoms with Crippen LogP contribution in [0.5, 0.6) is 0 Å². The molecule has 0 atom stereocenters. The van der Waals surface area contributed by atoms with Gasteiger partial charge in [0, 0.05) is 37.6 Å². The Morgan fingerprint density at radius 1 is 1.37 bits per heavy atom. The molecule has 4 nitrogen and oxygen atoms in total. The van der Waals surface area contributed by atoms with Gasteiger partial charge in [0.1, 0.15) is 5.82 Å². The Kier molecular flexibility index (Phi) is 6.36. The summed E-state index contributed by atoms with van der Waals surface area (Å²) in [5.74, 6) is 0.890. The van der Waals surface area contributed by atoms with Crippen LogP contribution in [0.15, 0.2) is 18.8 Å². The minimum atomic E-state index is 0.785. The van der Waals surface area contributed by atoms with Gasteiger partial charge in [-0.15, -0.1) is 0 Å². The molecule has 1 aliphatic heterocycles. The highest BCUT2D eigenvalue weighted by Gasteiger charge is 2.17. The molecule has 1 aromatic rings. The first-order valence-corrected chi connectivity index (χ1v) is 6.89.